The molecule has 2 aromatic rings. The summed E-state index contributed by atoms with van der Waals surface area (Å²) in [5.41, 5.74) is 1.30. The van der Waals surface area contributed by atoms with Crippen molar-refractivity contribution in [2.75, 3.05) is 31.5 Å². The number of amides is 3. The minimum atomic E-state index is -0.362. The van der Waals surface area contributed by atoms with Gasteiger partial charge in [-0.3, -0.25) is 14.4 Å². The molecular formula is C25H27Cl2N3O3. The summed E-state index contributed by atoms with van der Waals surface area (Å²) < 4.78 is 0. The van der Waals surface area contributed by atoms with Crippen molar-refractivity contribution in [1.29, 1.82) is 0 Å². The normalized spacial score (nSPS) is 14.3. The Hall–Kier alpha value is -2.83. The number of nitrogens with one attached hydrogen (secondary N) is 1. The maximum atomic E-state index is 13.0. The number of likely N-dealkylation sites (tertiary alicyclic amines) is 1. The zero-order chi connectivity index (χ0) is 23.8. The predicted octanol–water partition coefficient (Wildman–Crippen LogP) is 4.73. The van der Waals surface area contributed by atoms with E-state index < -0.39 is 0 Å². The third kappa shape index (κ3) is 6.83. The first-order valence-corrected chi connectivity index (χ1v) is 11.7. The van der Waals surface area contributed by atoms with E-state index in [0.29, 0.717) is 48.2 Å². The smallest absolute Gasteiger partial charge is 0.246 e. The van der Waals surface area contributed by atoms with Crippen LogP contribution in [0, 0.1) is 5.92 Å². The van der Waals surface area contributed by atoms with Crippen LogP contribution in [0.15, 0.2) is 54.6 Å². The Kier molecular flexibility index (Phi) is 8.92. The molecule has 0 aromatic heterocycles. The third-order valence-electron chi connectivity index (χ3n) is 5.63. The molecular weight excluding hydrogens is 461 g/mol. The average molecular weight is 488 g/mol. The first kappa shape index (κ1) is 24.8. The molecule has 1 saturated heterocycles. The molecule has 3 rings (SSSR count). The number of halogens is 2. The van der Waals surface area contributed by atoms with Gasteiger partial charge in [0.2, 0.25) is 17.7 Å². The van der Waals surface area contributed by atoms with Crippen LogP contribution in [0.5, 0.6) is 0 Å². The highest BCUT2D eigenvalue weighted by atomic mass is 35.5. The van der Waals surface area contributed by atoms with Crippen LogP contribution >= 0.6 is 23.2 Å². The highest BCUT2D eigenvalue weighted by Gasteiger charge is 2.30. The van der Waals surface area contributed by atoms with Gasteiger partial charge in [-0.2, -0.15) is 0 Å². The van der Waals surface area contributed by atoms with Gasteiger partial charge in [0.15, 0.2) is 0 Å². The minimum absolute atomic E-state index is 0.0619. The maximum Gasteiger partial charge on any atom is 0.246 e. The van der Waals surface area contributed by atoms with Gasteiger partial charge in [-0.05, 0) is 43.5 Å². The van der Waals surface area contributed by atoms with Gasteiger partial charge in [-0.1, -0.05) is 59.6 Å². The van der Waals surface area contributed by atoms with E-state index in [4.69, 9.17) is 23.2 Å². The molecule has 2 aromatic carbocycles. The Morgan fingerprint density at radius 1 is 1.03 bits per heavy atom. The zero-order valence-electron chi connectivity index (χ0n) is 18.5. The van der Waals surface area contributed by atoms with Crippen LogP contribution in [0.4, 0.5) is 5.69 Å². The SMILES string of the molecule is CCN(CC(=O)Nc1c(Cl)cccc1Cl)C(=O)C1CCN(C(=O)/C=C/c2ccccc2)CC1. The summed E-state index contributed by atoms with van der Waals surface area (Å²) in [5.74, 6) is -0.722. The second-order valence-corrected chi connectivity index (χ2v) is 8.66. The first-order valence-electron chi connectivity index (χ1n) is 10.9. The summed E-state index contributed by atoms with van der Waals surface area (Å²) in [6, 6.07) is 14.6. The molecule has 1 heterocycles. The minimum Gasteiger partial charge on any atom is -0.339 e. The molecule has 8 heteroatoms. The molecule has 0 atom stereocenters. The van der Waals surface area contributed by atoms with Crippen LogP contribution in [-0.2, 0) is 14.4 Å². The second-order valence-electron chi connectivity index (χ2n) is 7.84. The Morgan fingerprint density at radius 3 is 2.27 bits per heavy atom. The molecule has 0 spiro atoms. The molecule has 0 aliphatic carbocycles. The van der Waals surface area contributed by atoms with Crippen molar-refractivity contribution < 1.29 is 14.4 Å². The number of anilines is 1. The number of carbonyl (C=O) groups is 3. The van der Waals surface area contributed by atoms with E-state index in [9.17, 15) is 14.4 Å². The predicted molar refractivity (Wildman–Crippen MR) is 132 cm³/mol. The number of benzene rings is 2. The topological polar surface area (TPSA) is 69.7 Å². The molecule has 1 aliphatic heterocycles. The molecule has 0 bridgehead atoms. The number of likely N-dealkylation sites (N-methyl/N-ethyl adjacent to an activating group) is 1. The van der Waals surface area contributed by atoms with Crippen LogP contribution in [0.1, 0.15) is 25.3 Å². The van der Waals surface area contributed by atoms with Crippen molar-refractivity contribution in [3.05, 3.63) is 70.2 Å². The largest absolute Gasteiger partial charge is 0.339 e. The summed E-state index contributed by atoms with van der Waals surface area (Å²) in [4.78, 5) is 41.3. The maximum absolute atomic E-state index is 13.0. The van der Waals surface area contributed by atoms with Gasteiger partial charge in [0.25, 0.3) is 0 Å². The molecule has 1 aliphatic rings. The fourth-order valence-electron chi connectivity index (χ4n) is 3.76. The monoisotopic (exact) mass is 487 g/mol. The van der Waals surface area contributed by atoms with E-state index in [2.05, 4.69) is 5.32 Å². The summed E-state index contributed by atoms with van der Waals surface area (Å²) in [5, 5.41) is 3.37. The second kappa shape index (κ2) is 11.9. The van der Waals surface area contributed by atoms with Crippen molar-refractivity contribution in [3.63, 3.8) is 0 Å². The molecule has 1 fully saturated rings. The lowest BCUT2D eigenvalue weighted by Crippen LogP contribution is -2.46. The Balaban J connectivity index is 1.51. The molecule has 6 nitrogen and oxygen atoms in total. The van der Waals surface area contributed by atoms with Gasteiger partial charge in [0, 0.05) is 31.6 Å². The van der Waals surface area contributed by atoms with E-state index in [-0.39, 0.29) is 30.2 Å². The number of hydrogen-bond donors (Lipinski definition) is 1. The summed E-state index contributed by atoms with van der Waals surface area (Å²) >= 11 is 12.2. The number of piperidine rings is 1. The Bertz CT molecular complexity index is 999. The Morgan fingerprint density at radius 2 is 1.67 bits per heavy atom. The summed E-state index contributed by atoms with van der Waals surface area (Å²) in [6.07, 6.45) is 4.50. The van der Waals surface area contributed by atoms with Crippen molar-refractivity contribution in [2.24, 2.45) is 5.92 Å². The molecule has 33 heavy (non-hydrogen) atoms. The molecule has 1 N–H and O–H groups in total. The number of rotatable bonds is 7. The van der Waals surface area contributed by atoms with Crippen molar-refractivity contribution in [3.8, 4) is 0 Å². The number of para-hydroxylation sites is 1. The molecule has 0 radical (unpaired) electrons. The first-order chi connectivity index (χ1) is 15.9. The van der Waals surface area contributed by atoms with Crippen LogP contribution < -0.4 is 5.32 Å². The van der Waals surface area contributed by atoms with E-state index >= 15 is 0 Å². The van der Waals surface area contributed by atoms with Crippen LogP contribution in [0.25, 0.3) is 6.08 Å². The fourth-order valence-corrected chi connectivity index (χ4v) is 4.25. The van der Waals surface area contributed by atoms with Crippen molar-refractivity contribution in [1.82, 2.24) is 9.80 Å². The Labute approximate surface area is 204 Å². The standard InChI is InChI=1S/C25H27Cl2N3O3/c1-2-29(17-22(31)28-24-20(26)9-6-10-21(24)27)25(33)19-13-15-30(16-14-19)23(32)12-11-18-7-4-3-5-8-18/h3-12,19H,2,13-17H2,1H3,(H,28,31)/b12-11+. The summed E-state index contributed by atoms with van der Waals surface area (Å²) in [6.45, 7) is 3.17. The van der Waals surface area contributed by atoms with E-state index in [1.807, 2.05) is 37.3 Å². The lowest BCUT2D eigenvalue weighted by molar-refractivity contribution is -0.141. The van der Waals surface area contributed by atoms with Gasteiger partial charge in [-0.15, -0.1) is 0 Å². The van der Waals surface area contributed by atoms with E-state index in [0.717, 1.165) is 5.56 Å². The van der Waals surface area contributed by atoms with Crippen LogP contribution in [-0.4, -0.2) is 53.7 Å². The van der Waals surface area contributed by atoms with Crippen LogP contribution in [0.3, 0.4) is 0 Å². The van der Waals surface area contributed by atoms with Crippen LogP contribution in [0.2, 0.25) is 10.0 Å². The van der Waals surface area contributed by atoms with Gasteiger partial charge in [0.1, 0.15) is 0 Å². The van der Waals surface area contributed by atoms with Crippen molar-refractivity contribution >= 4 is 52.7 Å². The van der Waals surface area contributed by atoms with Gasteiger partial charge < -0.3 is 15.1 Å². The number of hydrogen-bond acceptors (Lipinski definition) is 3. The highest BCUT2D eigenvalue weighted by Crippen LogP contribution is 2.29. The fraction of sp³-hybridized carbons (Fsp3) is 0.320. The van der Waals surface area contributed by atoms with E-state index in [1.165, 1.54) is 4.90 Å². The molecule has 174 valence electrons. The van der Waals surface area contributed by atoms with Gasteiger partial charge >= 0.3 is 0 Å². The van der Waals surface area contributed by atoms with Crippen molar-refractivity contribution in [2.45, 2.75) is 19.8 Å². The molecule has 0 saturated carbocycles. The zero-order valence-corrected chi connectivity index (χ0v) is 20.0. The lowest BCUT2D eigenvalue weighted by atomic mass is 9.95. The quantitative estimate of drug-likeness (QED) is 0.573. The molecule has 3 amide bonds. The molecule has 0 unspecified atom stereocenters. The third-order valence-corrected chi connectivity index (χ3v) is 6.26. The summed E-state index contributed by atoms with van der Waals surface area (Å²) in [7, 11) is 0. The average Bonchev–Trinajstić information content (AvgIpc) is 2.83. The lowest BCUT2D eigenvalue weighted by Gasteiger charge is -2.33. The number of nitrogens with zero attached hydrogens (tertiary/aromatic N) is 2. The van der Waals surface area contributed by atoms with Gasteiger partial charge in [0.05, 0.1) is 22.3 Å². The highest BCUT2D eigenvalue weighted by molar-refractivity contribution is 6.39. The number of carbonyl (C=O) groups excluding carboxylic acids is 3. The van der Waals surface area contributed by atoms with Gasteiger partial charge in [-0.25, -0.2) is 0 Å². The van der Waals surface area contributed by atoms with E-state index in [1.54, 1.807) is 35.3 Å².